The Morgan fingerprint density at radius 2 is 1.92 bits per heavy atom. The van der Waals surface area contributed by atoms with Gasteiger partial charge in [-0.25, -0.2) is 18.7 Å². The SMILES string of the molecule is O=C1CCC(Nc2cccc(CN3CCC(n4cc(NC(=O)c5coc(-c6ccnc(NCC7CC7)c6)n5)c(C(F)F)n4)CC3)c2)C(=O)N1. The summed E-state index contributed by atoms with van der Waals surface area (Å²) in [5.41, 5.74) is 1.89. The van der Waals surface area contributed by atoms with E-state index < -0.39 is 24.1 Å². The molecule has 3 aromatic heterocycles. The number of carbonyl (C=O) groups excluding carboxylic acids is 3. The molecule has 0 radical (unpaired) electrons. The van der Waals surface area contributed by atoms with Crippen LogP contribution < -0.4 is 21.3 Å². The van der Waals surface area contributed by atoms with Crippen molar-refractivity contribution in [2.45, 2.75) is 63.6 Å². The first-order valence-corrected chi connectivity index (χ1v) is 16.5. The topological polar surface area (TPSA) is 159 Å². The van der Waals surface area contributed by atoms with Crippen LogP contribution in [0.4, 0.5) is 26.0 Å². The number of pyridine rings is 1. The summed E-state index contributed by atoms with van der Waals surface area (Å²) in [5.74, 6) is 0.318. The van der Waals surface area contributed by atoms with Crippen molar-refractivity contribution in [3.8, 4) is 11.5 Å². The number of piperidine rings is 2. The number of nitrogens with zero attached hydrogens (tertiary/aromatic N) is 5. The number of halogens is 2. The lowest BCUT2D eigenvalue weighted by molar-refractivity contribution is -0.133. The van der Waals surface area contributed by atoms with Gasteiger partial charge in [0.25, 0.3) is 12.3 Å². The average molecular weight is 674 g/mol. The number of anilines is 3. The highest BCUT2D eigenvalue weighted by molar-refractivity contribution is 6.03. The van der Waals surface area contributed by atoms with Crippen LogP contribution in [0.25, 0.3) is 11.5 Å². The standard InChI is InChI=1S/C34H37F2N9O4/c35-31(36)30-26(40-33(48)27-19-49-34(41-27)22-8-11-37-28(15-22)38-16-20-4-5-20)18-45(43-30)24-9-12-44(13-10-24)17-21-2-1-3-23(14-21)39-25-6-7-29(46)42-32(25)47/h1-3,8,11,14-15,18-20,24-25,31,39H,4-7,9-10,12-13,16-17H2,(H,37,38)(H,40,48)(H,42,46,47). The Kier molecular flexibility index (Phi) is 9.33. The first kappa shape index (κ1) is 32.4. The number of likely N-dealkylation sites (tertiary alicyclic amines) is 1. The van der Waals surface area contributed by atoms with E-state index in [4.69, 9.17) is 4.42 Å². The van der Waals surface area contributed by atoms with Gasteiger partial charge in [-0.1, -0.05) is 12.1 Å². The number of benzene rings is 1. The third-order valence-corrected chi connectivity index (χ3v) is 9.07. The third kappa shape index (κ3) is 7.94. The third-order valence-electron chi connectivity index (χ3n) is 9.07. The van der Waals surface area contributed by atoms with Crippen LogP contribution in [-0.2, 0) is 16.1 Å². The Morgan fingerprint density at radius 3 is 2.69 bits per heavy atom. The maximum absolute atomic E-state index is 14.0. The molecule has 0 bridgehead atoms. The van der Waals surface area contributed by atoms with Gasteiger partial charge in [-0.2, -0.15) is 5.10 Å². The molecule has 13 nitrogen and oxygen atoms in total. The minimum atomic E-state index is -2.89. The molecule has 256 valence electrons. The van der Waals surface area contributed by atoms with E-state index in [1.54, 1.807) is 18.3 Å². The number of carbonyl (C=O) groups is 3. The molecule has 3 amide bonds. The summed E-state index contributed by atoms with van der Waals surface area (Å²) in [6.07, 6.45) is 5.94. The van der Waals surface area contributed by atoms with Gasteiger partial charge in [-0.15, -0.1) is 0 Å². The Hall–Kier alpha value is -5.18. The zero-order valence-electron chi connectivity index (χ0n) is 26.7. The molecule has 5 heterocycles. The fraction of sp³-hybridized carbons (Fsp3) is 0.412. The molecule has 1 saturated carbocycles. The van der Waals surface area contributed by atoms with Gasteiger partial charge in [-0.05, 0) is 67.9 Å². The first-order valence-electron chi connectivity index (χ1n) is 16.5. The molecule has 7 rings (SSSR count). The van der Waals surface area contributed by atoms with Gasteiger partial charge in [0, 0.05) is 56.2 Å². The Bertz CT molecular complexity index is 1830. The molecule has 1 aliphatic carbocycles. The summed E-state index contributed by atoms with van der Waals surface area (Å²) >= 11 is 0. The molecule has 1 unspecified atom stereocenters. The predicted molar refractivity (Wildman–Crippen MR) is 176 cm³/mol. The van der Waals surface area contributed by atoms with Crippen molar-refractivity contribution in [2.75, 3.05) is 35.6 Å². The van der Waals surface area contributed by atoms with Crippen LogP contribution in [0.5, 0.6) is 0 Å². The lowest BCUT2D eigenvalue weighted by Crippen LogP contribution is -2.47. The van der Waals surface area contributed by atoms with E-state index in [-0.39, 0.29) is 35.1 Å². The molecular weight excluding hydrogens is 636 g/mol. The van der Waals surface area contributed by atoms with E-state index in [9.17, 15) is 23.2 Å². The number of aromatic nitrogens is 4. The second-order valence-electron chi connectivity index (χ2n) is 12.8. The van der Waals surface area contributed by atoms with Crippen molar-refractivity contribution in [3.05, 3.63) is 72.0 Å². The largest absolute Gasteiger partial charge is 0.444 e. The second-order valence-corrected chi connectivity index (χ2v) is 12.8. The molecule has 49 heavy (non-hydrogen) atoms. The van der Waals surface area contributed by atoms with Gasteiger partial charge in [0.15, 0.2) is 11.4 Å². The molecule has 3 fully saturated rings. The molecule has 1 aromatic carbocycles. The summed E-state index contributed by atoms with van der Waals surface area (Å²) in [7, 11) is 0. The number of nitrogens with one attached hydrogen (secondary N) is 4. The highest BCUT2D eigenvalue weighted by Crippen LogP contribution is 2.32. The summed E-state index contributed by atoms with van der Waals surface area (Å²) in [6.45, 7) is 2.96. The zero-order valence-corrected chi connectivity index (χ0v) is 26.7. The van der Waals surface area contributed by atoms with E-state index in [2.05, 4.69) is 41.2 Å². The minimum absolute atomic E-state index is 0.0445. The van der Waals surface area contributed by atoms with Crippen molar-refractivity contribution in [3.63, 3.8) is 0 Å². The molecule has 2 saturated heterocycles. The van der Waals surface area contributed by atoms with Crippen LogP contribution >= 0.6 is 0 Å². The van der Waals surface area contributed by atoms with Crippen LogP contribution in [0.1, 0.15) is 72.7 Å². The van der Waals surface area contributed by atoms with E-state index in [0.29, 0.717) is 49.5 Å². The van der Waals surface area contributed by atoms with Crippen molar-refractivity contribution >= 4 is 34.9 Å². The average Bonchev–Trinajstić information content (AvgIpc) is 3.61. The van der Waals surface area contributed by atoms with Crippen molar-refractivity contribution in [1.29, 1.82) is 0 Å². The van der Waals surface area contributed by atoms with Crippen molar-refractivity contribution in [2.24, 2.45) is 5.92 Å². The molecule has 4 aromatic rings. The summed E-state index contributed by atoms with van der Waals surface area (Å²) in [4.78, 5) is 47.5. The van der Waals surface area contributed by atoms with Crippen molar-refractivity contribution < 1.29 is 27.6 Å². The molecular formula is C34H37F2N9O4. The van der Waals surface area contributed by atoms with E-state index >= 15 is 0 Å². The Morgan fingerprint density at radius 1 is 1.08 bits per heavy atom. The molecule has 4 N–H and O–H groups in total. The highest BCUT2D eigenvalue weighted by atomic mass is 19.3. The maximum atomic E-state index is 14.0. The normalized spacial score (nSPS) is 18.8. The number of hydrogen-bond acceptors (Lipinski definition) is 10. The van der Waals surface area contributed by atoms with Gasteiger partial charge < -0.3 is 20.4 Å². The molecule has 15 heteroatoms. The first-order chi connectivity index (χ1) is 23.8. The number of imide groups is 1. The zero-order chi connectivity index (χ0) is 33.9. The van der Waals surface area contributed by atoms with Crippen LogP contribution in [0.2, 0.25) is 0 Å². The summed E-state index contributed by atoms with van der Waals surface area (Å²) in [6, 6.07) is 10.7. The lowest BCUT2D eigenvalue weighted by atomic mass is 10.0. The Labute approximate surface area is 280 Å². The van der Waals surface area contributed by atoms with Gasteiger partial charge >= 0.3 is 0 Å². The number of oxazole rings is 1. The molecule has 3 aliphatic rings. The monoisotopic (exact) mass is 673 g/mol. The summed E-state index contributed by atoms with van der Waals surface area (Å²) < 4.78 is 35.2. The summed E-state index contributed by atoms with van der Waals surface area (Å²) in [5, 5.41) is 15.6. The predicted octanol–water partition coefficient (Wildman–Crippen LogP) is 5.00. The lowest BCUT2D eigenvalue weighted by Gasteiger charge is -2.32. The van der Waals surface area contributed by atoms with Gasteiger partial charge in [0.05, 0.1) is 11.7 Å². The van der Waals surface area contributed by atoms with Crippen LogP contribution in [0, 0.1) is 5.92 Å². The van der Waals surface area contributed by atoms with Gasteiger partial charge in [0.2, 0.25) is 17.7 Å². The van der Waals surface area contributed by atoms with Crippen LogP contribution in [0.3, 0.4) is 0 Å². The van der Waals surface area contributed by atoms with E-state index in [0.717, 1.165) is 30.9 Å². The highest BCUT2D eigenvalue weighted by Gasteiger charge is 2.28. The smallest absolute Gasteiger partial charge is 0.284 e. The quantitative estimate of drug-likeness (QED) is 0.151. The van der Waals surface area contributed by atoms with Crippen LogP contribution in [-0.4, -0.2) is 68.0 Å². The Balaban J connectivity index is 0.945. The van der Waals surface area contributed by atoms with E-state index in [1.165, 1.54) is 30.0 Å². The minimum Gasteiger partial charge on any atom is -0.444 e. The van der Waals surface area contributed by atoms with Gasteiger partial charge in [0.1, 0.15) is 18.1 Å². The number of rotatable bonds is 12. The maximum Gasteiger partial charge on any atom is 0.284 e. The number of alkyl halides is 2. The fourth-order valence-electron chi connectivity index (χ4n) is 6.17. The van der Waals surface area contributed by atoms with Gasteiger partial charge in [-0.3, -0.25) is 29.3 Å². The van der Waals surface area contributed by atoms with E-state index in [1.807, 2.05) is 24.3 Å². The molecule has 2 aliphatic heterocycles. The fourth-order valence-corrected chi connectivity index (χ4v) is 6.17. The molecule has 0 spiro atoms. The van der Waals surface area contributed by atoms with Crippen molar-refractivity contribution in [1.82, 2.24) is 30.0 Å². The number of hydrogen-bond donors (Lipinski definition) is 4. The number of amides is 3. The van der Waals surface area contributed by atoms with Crippen LogP contribution in [0.15, 0.2) is 59.5 Å². The second kappa shape index (κ2) is 14.1. The molecule has 1 atom stereocenters.